The van der Waals surface area contributed by atoms with Gasteiger partial charge in [-0.25, -0.2) is 0 Å². The van der Waals surface area contributed by atoms with Crippen molar-refractivity contribution in [1.82, 2.24) is 4.98 Å². The van der Waals surface area contributed by atoms with Gasteiger partial charge in [-0.2, -0.15) is 0 Å². The third kappa shape index (κ3) is 2.01. The lowest BCUT2D eigenvalue weighted by molar-refractivity contribution is 0.0841. The zero-order valence-electron chi connectivity index (χ0n) is 12.3. The Bertz CT molecular complexity index is 654. The third-order valence-electron chi connectivity index (χ3n) is 4.73. The van der Waals surface area contributed by atoms with Crippen LogP contribution in [0.2, 0.25) is 0 Å². The molecule has 1 aromatic carbocycles. The Morgan fingerprint density at radius 3 is 2.85 bits per heavy atom. The van der Waals surface area contributed by atoms with E-state index in [0.29, 0.717) is 0 Å². The Morgan fingerprint density at radius 1 is 1.40 bits per heavy atom. The second-order valence-corrected chi connectivity index (χ2v) is 6.41. The van der Waals surface area contributed by atoms with E-state index in [1.807, 2.05) is 24.4 Å². The van der Waals surface area contributed by atoms with Gasteiger partial charge in [0.05, 0.1) is 7.11 Å². The van der Waals surface area contributed by atoms with Crippen LogP contribution in [0.5, 0.6) is 5.75 Å². The molecule has 0 aliphatic heterocycles. The SMILES string of the molecule is COc1ccc2[nH]cc(C(=O)C3CCCC3(C)C)c2c1. The molecule has 1 unspecified atom stereocenters. The molecular formula is C17H21NO2. The number of ether oxygens (including phenoxy) is 1. The van der Waals surface area contributed by atoms with E-state index in [4.69, 9.17) is 4.74 Å². The Morgan fingerprint density at radius 2 is 2.20 bits per heavy atom. The number of methoxy groups -OCH3 is 1. The summed E-state index contributed by atoms with van der Waals surface area (Å²) in [4.78, 5) is 16.1. The first-order chi connectivity index (χ1) is 9.53. The van der Waals surface area contributed by atoms with Crippen molar-refractivity contribution in [3.05, 3.63) is 30.0 Å². The van der Waals surface area contributed by atoms with Crippen LogP contribution in [0.25, 0.3) is 10.9 Å². The molecule has 0 saturated heterocycles. The predicted molar refractivity (Wildman–Crippen MR) is 80.3 cm³/mol. The lowest BCUT2D eigenvalue weighted by atomic mass is 9.77. The fraction of sp³-hybridized carbons (Fsp3) is 0.471. The lowest BCUT2D eigenvalue weighted by Crippen LogP contribution is -2.25. The van der Waals surface area contributed by atoms with Crippen LogP contribution in [-0.4, -0.2) is 17.9 Å². The topological polar surface area (TPSA) is 42.1 Å². The van der Waals surface area contributed by atoms with Crippen LogP contribution < -0.4 is 4.74 Å². The first-order valence-electron chi connectivity index (χ1n) is 7.22. The summed E-state index contributed by atoms with van der Waals surface area (Å²) < 4.78 is 5.27. The first-order valence-corrected chi connectivity index (χ1v) is 7.22. The summed E-state index contributed by atoms with van der Waals surface area (Å²) in [5.41, 5.74) is 1.91. The summed E-state index contributed by atoms with van der Waals surface area (Å²) in [6, 6.07) is 5.82. The highest BCUT2D eigenvalue weighted by Crippen LogP contribution is 2.44. The van der Waals surface area contributed by atoms with E-state index in [2.05, 4.69) is 18.8 Å². The van der Waals surface area contributed by atoms with E-state index in [-0.39, 0.29) is 17.1 Å². The molecule has 20 heavy (non-hydrogen) atoms. The number of carbonyl (C=O) groups is 1. The predicted octanol–water partition coefficient (Wildman–Crippen LogP) is 4.19. The van der Waals surface area contributed by atoms with Crippen molar-refractivity contribution in [2.45, 2.75) is 33.1 Å². The lowest BCUT2D eigenvalue weighted by Gasteiger charge is -2.25. The highest BCUT2D eigenvalue weighted by molar-refractivity contribution is 6.09. The number of fused-ring (bicyclic) bond motifs is 1. The van der Waals surface area contributed by atoms with Gasteiger partial charge in [-0.15, -0.1) is 0 Å². The summed E-state index contributed by atoms with van der Waals surface area (Å²) in [6.07, 6.45) is 5.13. The molecule has 3 rings (SSSR count). The summed E-state index contributed by atoms with van der Waals surface area (Å²) in [7, 11) is 1.65. The molecule has 1 atom stereocenters. The molecule has 1 aromatic heterocycles. The molecule has 2 aromatic rings. The van der Waals surface area contributed by atoms with Gasteiger partial charge in [0.15, 0.2) is 5.78 Å². The minimum atomic E-state index is 0.111. The maximum Gasteiger partial charge on any atom is 0.168 e. The van der Waals surface area contributed by atoms with Crippen molar-refractivity contribution in [2.24, 2.45) is 11.3 Å². The number of hydrogen-bond donors (Lipinski definition) is 1. The zero-order chi connectivity index (χ0) is 14.3. The van der Waals surface area contributed by atoms with E-state index in [1.165, 1.54) is 0 Å². The van der Waals surface area contributed by atoms with Gasteiger partial charge in [-0.05, 0) is 36.5 Å². The fourth-order valence-electron chi connectivity index (χ4n) is 3.43. The standard InChI is InChI=1S/C17H21NO2/c1-17(2)8-4-5-14(17)16(19)13-10-18-15-7-6-11(20-3)9-12(13)15/h6-7,9-10,14,18H,4-5,8H2,1-3H3. The summed E-state index contributed by atoms with van der Waals surface area (Å²) in [5, 5.41) is 0.969. The van der Waals surface area contributed by atoms with Crippen molar-refractivity contribution in [3.63, 3.8) is 0 Å². The molecule has 1 fully saturated rings. The Balaban J connectivity index is 2.03. The van der Waals surface area contributed by atoms with E-state index in [1.54, 1.807) is 7.11 Å². The fourth-order valence-corrected chi connectivity index (χ4v) is 3.43. The van der Waals surface area contributed by atoms with Gasteiger partial charge in [0, 0.05) is 28.6 Å². The van der Waals surface area contributed by atoms with Gasteiger partial charge < -0.3 is 9.72 Å². The molecule has 0 bridgehead atoms. The van der Waals surface area contributed by atoms with Crippen LogP contribution in [-0.2, 0) is 0 Å². The number of nitrogens with one attached hydrogen (secondary N) is 1. The normalized spacial score (nSPS) is 21.2. The van der Waals surface area contributed by atoms with Crippen LogP contribution >= 0.6 is 0 Å². The average Bonchev–Trinajstić information content (AvgIpc) is 3.00. The van der Waals surface area contributed by atoms with Crippen LogP contribution in [0, 0.1) is 11.3 Å². The molecule has 0 spiro atoms. The number of benzene rings is 1. The van der Waals surface area contributed by atoms with Crippen LogP contribution in [0.3, 0.4) is 0 Å². The Labute approximate surface area is 119 Å². The Hall–Kier alpha value is -1.77. The first kappa shape index (κ1) is 13.2. The van der Waals surface area contributed by atoms with Crippen LogP contribution in [0.15, 0.2) is 24.4 Å². The molecule has 1 N–H and O–H groups in total. The monoisotopic (exact) mass is 271 g/mol. The number of rotatable bonds is 3. The van der Waals surface area contributed by atoms with Crippen molar-refractivity contribution in [3.8, 4) is 5.75 Å². The second kappa shape index (κ2) is 4.65. The highest BCUT2D eigenvalue weighted by atomic mass is 16.5. The molecule has 0 amide bonds. The van der Waals surface area contributed by atoms with E-state index in [0.717, 1.165) is 41.5 Å². The van der Waals surface area contributed by atoms with Gasteiger partial charge in [0.2, 0.25) is 0 Å². The average molecular weight is 271 g/mol. The number of carbonyl (C=O) groups excluding carboxylic acids is 1. The Kier molecular flexibility index (Phi) is 3.08. The number of H-pyrrole nitrogens is 1. The van der Waals surface area contributed by atoms with Crippen LogP contribution in [0.4, 0.5) is 0 Å². The molecule has 3 nitrogen and oxygen atoms in total. The molecule has 0 radical (unpaired) electrons. The molecule has 3 heteroatoms. The molecule has 1 heterocycles. The van der Waals surface area contributed by atoms with Crippen molar-refractivity contribution in [2.75, 3.05) is 7.11 Å². The van der Waals surface area contributed by atoms with Gasteiger partial charge in [0.25, 0.3) is 0 Å². The van der Waals surface area contributed by atoms with E-state index in [9.17, 15) is 4.79 Å². The quantitative estimate of drug-likeness (QED) is 0.851. The number of Topliss-reactive ketones (excluding diaryl/α,β-unsaturated/α-hetero) is 1. The molecule has 1 aliphatic rings. The summed E-state index contributed by atoms with van der Waals surface area (Å²) in [6.45, 7) is 4.41. The van der Waals surface area contributed by atoms with Crippen molar-refractivity contribution < 1.29 is 9.53 Å². The maximum atomic E-state index is 12.9. The van der Waals surface area contributed by atoms with E-state index >= 15 is 0 Å². The molecule has 1 aliphatic carbocycles. The number of aromatic nitrogens is 1. The minimum Gasteiger partial charge on any atom is -0.497 e. The van der Waals surface area contributed by atoms with Crippen molar-refractivity contribution >= 4 is 16.7 Å². The molecular weight excluding hydrogens is 250 g/mol. The number of aromatic amines is 1. The van der Waals surface area contributed by atoms with Gasteiger partial charge in [-0.3, -0.25) is 4.79 Å². The van der Waals surface area contributed by atoms with Gasteiger partial charge in [-0.1, -0.05) is 20.3 Å². The number of hydrogen-bond acceptors (Lipinski definition) is 2. The van der Waals surface area contributed by atoms with Crippen molar-refractivity contribution in [1.29, 1.82) is 0 Å². The smallest absolute Gasteiger partial charge is 0.168 e. The van der Waals surface area contributed by atoms with E-state index < -0.39 is 0 Å². The van der Waals surface area contributed by atoms with Gasteiger partial charge in [0.1, 0.15) is 5.75 Å². The molecule has 106 valence electrons. The third-order valence-corrected chi connectivity index (χ3v) is 4.73. The highest BCUT2D eigenvalue weighted by Gasteiger charge is 2.40. The summed E-state index contributed by atoms with van der Waals surface area (Å²) in [5.74, 6) is 1.19. The zero-order valence-corrected chi connectivity index (χ0v) is 12.3. The molecule has 1 saturated carbocycles. The van der Waals surface area contributed by atoms with Gasteiger partial charge >= 0.3 is 0 Å². The maximum absolute atomic E-state index is 12.9. The van der Waals surface area contributed by atoms with Crippen LogP contribution in [0.1, 0.15) is 43.5 Å². The summed E-state index contributed by atoms with van der Waals surface area (Å²) >= 11 is 0. The largest absolute Gasteiger partial charge is 0.497 e. The number of ketones is 1. The minimum absolute atomic E-state index is 0.111. The second-order valence-electron chi connectivity index (χ2n) is 6.41.